The number of anilines is 1. The van der Waals surface area contributed by atoms with Crippen LogP contribution in [0.2, 0.25) is 0 Å². The number of amides is 2. The van der Waals surface area contributed by atoms with Crippen molar-refractivity contribution < 1.29 is 22.8 Å². The molecule has 0 spiro atoms. The zero-order valence-corrected chi connectivity index (χ0v) is 23.0. The summed E-state index contributed by atoms with van der Waals surface area (Å²) < 4.78 is 39.2. The number of nitrogens with zero attached hydrogens (tertiary/aromatic N) is 3. The minimum absolute atomic E-state index is 0.0249. The first-order valence-electron chi connectivity index (χ1n) is 14.3. The maximum Gasteiger partial charge on any atom is 0.416 e. The predicted molar refractivity (Wildman–Crippen MR) is 143 cm³/mol. The van der Waals surface area contributed by atoms with Crippen LogP contribution >= 0.6 is 0 Å². The van der Waals surface area contributed by atoms with Crippen molar-refractivity contribution in [3.05, 3.63) is 23.9 Å². The van der Waals surface area contributed by atoms with Gasteiger partial charge in [-0.2, -0.15) is 13.2 Å². The Labute approximate surface area is 224 Å². The highest BCUT2D eigenvalue weighted by Gasteiger charge is 2.36. The normalized spacial score (nSPS) is 21.8. The van der Waals surface area contributed by atoms with Crippen molar-refractivity contribution in [3.63, 3.8) is 0 Å². The molecular weight excluding hydrogens is 495 g/mol. The number of piperazine rings is 1. The number of hydrogen-bond acceptors (Lipinski definition) is 5. The molecule has 1 aromatic heterocycles. The number of nitrogens with one attached hydrogen (secondary N) is 2. The highest BCUT2D eigenvalue weighted by atomic mass is 19.4. The van der Waals surface area contributed by atoms with Gasteiger partial charge in [-0.25, -0.2) is 4.98 Å². The summed E-state index contributed by atoms with van der Waals surface area (Å²) in [6, 6.07) is 2.66. The van der Waals surface area contributed by atoms with Crippen molar-refractivity contribution in [2.24, 2.45) is 11.8 Å². The van der Waals surface area contributed by atoms with E-state index in [0.29, 0.717) is 50.4 Å². The van der Waals surface area contributed by atoms with Gasteiger partial charge in [0.1, 0.15) is 5.82 Å². The van der Waals surface area contributed by atoms with Gasteiger partial charge in [0.2, 0.25) is 11.8 Å². The molecule has 1 saturated heterocycles. The lowest BCUT2D eigenvalue weighted by Crippen LogP contribution is -2.50. The third kappa shape index (κ3) is 8.32. The molecule has 4 unspecified atom stereocenters. The van der Waals surface area contributed by atoms with Crippen molar-refractivity contribution in [2.45, 2.75) is 90.4 Å². The van der Waals surface area contributed by atoms with Gasteiger partial charge in [-0.05, 0) is 56.6 Å². The fraction of sp³-hybridized carbons (Fsp3) is 0.750. The smallest absolute Gasteiger partial charge is 0.356 e. The van der Waals surface area contributed by atoms with E-state index in [1.165, 1.54) is 6.20 Å². The molecule has 214 valence electrons. The van der Waals surface area contributed by atoms with Crippen molar-refractivity contribution in [2.75, 3.05) is 37.6 Å². The highest BCUT2D eigenvalue weighted by molar-refractivity contribution is 5.79. The molecule has 38 heavy (non-hydrogen) atoms. The summed E-state index contributed by atoms with van der Waals surface area (Å²) in [5.41, 5.74) is -0.707. The number of carbonyl (C=O) groups excluding carboxylic acids is 2. The Morgan fingerprint density at radius 3 is 2.47 bits per heavy atom. The third-order valence-corrected chi connectivity index (χ3v) is 8.07. The topological polar surface area (TPSA) is 77.6 Å². The lowest BCUT2D eigenvalue weighted by atomic mass is 9.89. The van der Waals surface area contributed by atoms with Crippen molar-refractivity contribution in [3.8, 4) is 0 Å². The predicted octanol–water partition coefficient (Wildman–Crippen LogP) is 4.62. The molecule has 0 bridgehead atoms. The Balaban J connectivity index is 1.47. The van der Waals surface area contributed by atoms with Gasteiger partial charge in [0.05, 0.1) is 5.56 Å². The van der Waals surface area contributed by atoms with E-state index in [9.17, 15) is 22.8 Å². The molecule has 1 aliphatic heterocycles. The number of rotatable bonds is 12. The fourth-order valence-electron chi connectivity index (χ4n) is 5.79. The maximum absolute atomic E-state index is 13.3. The summed E-state index contributed by atoms with van der Waals surface area (Å²) >= 11 is 0. The standard InChI is InChI=1S/C28H44F3N5O2/c1-4-12-33-26(37)10-8-20(5-2)24(6-3)34-23-9-7-21(18-23)27(38)36-16-14-35(15-17-36)25-19-22(11-13-32-25)28(29,30)31/h11,13,19-21,23-24,34H,4-10,12,14-18H2,1-3H3,(H,33,37). The summed E-state index contributed by atoms with van der Waals surface area (Å²) in [5, 5.41) is 6.76. The van der Waals surface area contributed by atoms with Crippen LogP contribution in [0.25, 0.3) is 0 Å². The molecular formula is C28H44F3N5O2. The first-order chi connectivity index (χ1) is 18.2. The minimum Gasteiger partial charge on any atom is -0.356 e. The fourth-order valence-corrected chi connectivity index (χ4v) is 5.79. The Morgan fingerprint density at radius 2 is 1.84 bits per heavy atom. The van der Waals surface area contributed by atoms with E-state index >= 15 is 0 Å². The maximum atomic E-state index is 13.3. The molecule has 2 amide bonds. The molecule has 2 aliphatic rings. The lowest BCUT2D eigenvalue weighted by molar-refractivity contribution is -0.137. The summed E-state index contributed by atoms with van der Waals surface area (Å²) in [6.45, 7) is 9.03. The van der Waals surface area contributed by atoms with Gasteiger partial charge >= 0.3 is 6.18 Å². The molecule has 0 radical (unpaired) electrons. The van der Waals surface area contributed by atoms with Crippen LogP contribution in [0.3, 0.4) is 0 Å². The van der Waals surface area contributed by atoms with E-state index in [1.54, 1.807) is 0 Å². The lowest BCUT2D eigenvalue weighted by Gasteiger charge is -2.36. The van der Waals surface area contributed by atoms with Crippen molar-refractivity contribution in [1.82, 2.24) is 20.5 Å². The molecule has 2 N–H and O–H groups in total. The molecule has 1 saturated carbocycles. The van der Waals surface area contributed by atoms with E-state index in [2.05, 4.69) is 29.5 Å². The molecule has 0 aromatic carbocycles. The number of hydrogen-bond donors (Lipinski definition) is 2. The van der Waals surface area contributed by atoms with E-state index in [1.807, 2.05) is 16.7 Å². The summed E-state index contributed by atoms with van der Waals surface area (Å²) in [6.07, 6.45) is 3.72. The van der Waals surface area contributed by atoms with Crippen LogP contribution in [0.1, 0.15) is 77.7 Å². The number of pyridine rings is 1. The van der Waals surface area contributed by atoms with Crippen LogP contribution < -0.4 is 15.5 Å². The molecule has 2 fully saturated rings. The molecule has 10 heteroatoms. The summed E-state index contributed by atoms with van der Waals surface area (Å²) in [5.74, 6) is 0.966. The molecule has 3 rings (SSSR count). The van der Waals surface area contributed by atoms with Crippen LogP contribution in [0.4, 0.5) is 19.0 Å². The average Bonchev–Trinajstić information content (AvgIpc) is 3.39. The largest absolute Gasteiger partial charge is 0.416 e. The van der Waals surface area contributed by atoms with Gasteiger partial charge in [-0.1, -0.05) is 27.2 Å². The van der Waals surface area contributed by atoms with Crippen LogP contribution in [0, 0.1) is 11.8 Å². The summed E-state index contributed by atoms with van der Waals surface area (Å²) in [7, 11) is 0. The van der Waals surface area contributed by atoms with Gasteiger partial charge in [0, 0.05) is 63.3 Å². The van der Waals surface area contributed by atoms with Gasteiger partial charge in [0.25, 0.3) is 0 Å². The molecule has 1 aliphatic carbocycles. The van der Waals surface area contributed by atoms with Gasteiger partial charge in [-0.15, -0.1) is 0 Å². The number of halogens is 3. The van der Waals surface area contributed by atoms with E-state index in [0.717, 1.165) is 63.6 Å². The quantitative estimate of drug-likeness (QED) is 0.406. The first kappa shape index (κ1) is 30.2. The molecule has 7 nitrogen and oxygen atoms in total. The molecule has 1 aromatic rings. The second-order valence-corrected chi connectivity index (χ2v) is 10.7. The highest BCUT2D eigenvalue weighted by Crippen LogP contribution is 2.32. The minimum atomic E-state index is -4.40. The first-order valence-corrected chi connectivity index (χ1v) is 14.3. The Bertz CT molecular complexity index is 905. The zero-order chi connectivity index (χ0) is 27.7. The van der Waals surface area contributed by atoms with Crippen LogP contribution in [0.15, 0.2) is 18.3 Å². The number of alkyl halides is 3. The number of aromatic nitrogens is 1. The van der Waals surface area contributed by atoms with Crippen LogP contribution in [0.5, 0.6) is 0 Å². The Kier molecular flexibility index (Phi) is 11.2. The van der Waals surface area contributed by atoms with Crippen molar-refractivity contribution in [1.29, 1.82) is 0 Å². The van der Waals surface area contributed by atoms with Crippen LogP contribution in [-0.2, 0) is 15.8 Å². The third-order valence-electron chi connectivity index (χ3n) is 8.07. The second-order valence-electron chi connectivity index (χ2n) is 10.7. The van der Waals surface area contributed by atoms with Crippen molar-refractivity contribution >= 4 is 17.6 Å². The van der Waals surface area contributed by atoms with E-state index < -0.39 is 11.7 Å². The van der Waals surface area contributed by atoms with E-state index in [-0.39, 0.29) is 23.8 Å². The number of carbonyl (C=O) groups is 2. The van der Waals surface area contributed by atoms with Gasteiger partial charge in [-0.3, -0.25) is 9.59 Å². The van der Waals surface area contributed by atoms with E-state index in [4.69, 9.17) is 0 Å². The summed E-state index contributed by atoms with van der Waals surface area (Å²) in [4.78, 5) is 33.1. The molecule has 2 heterocycles. The van der Waals surface area contributed by atoms with Crippen LogP contribution in [-0.4, -0.2) is 66.5 Å². The molecule has 4 atom stereocenters. The zero-order valence-electron chi connectivity index (χ0n) is 23.0. The Hall–Kier alpha value is -2.36. The van der Waals surface area contributed by atoms with Gasteiger partial charge in [0.15, 0.2) is 0 Å². The monoisotopic (exact) mass is 539 g/mol. The van der Waals surface area contributed by atoms with Gasteiger partial charge < -0.3 is 20.4 Å². The second kappa shape index (κ2) is 14.1. The Morgan fingerprint density at radius 1 is 1.11 bits per heavy atom. The average molecular weight is 540 g/mol. The SMILES string of the molecule is CCCNC(=O)CCC(CC)C(CC)NC1CCC(C(=O)N2CCN(c3cc(C(F)(F)F)ccn3)CC2)C1.